The number of hydrogen-bond donors (Lipinski definition) is 1. The SMILES string of the molecule is Cc1ccc(C(=O)N2CCC3NC(=O)CCC3C2)cn1. The molecule has 106 valence electrons. The van der Waals surface area contributed by atoms with Gasteiger partial charge in [-0.3, -0.25) is 14.6 Å². The molecular formula is C15H19N3O2. The summed E-state index contributed by atoms with van der Waals surface area (Å²) in [5.74, 6) is 0.588. The number of hydrogen-bond acceptors (Lipinski definition) is 3. The van der Waals surface area contributed by atoms with Crippen molar-refractivity contribution in [3.05, 3.63) is 29.6 Å². The van der Waals surface area contributed by atoms with Gasteiger partial charge in [0.05, 0.1) is 5.56 Å². The van der Waals surface area contributed by atoms with Crippen LogP contribution in [0.2, 0.25) is 0 Å². The first kappa shape index (κ1) is 13.1. The first-order valence-corrected chi connectivity index (χ1v) is 7.15. The molecule has 3 heterocycles. The van der Waals surface area contributed by atoms with E-state index in [1.54, 1.807) is 6.20 Å². The van der Waals surface area contributed by atoms with Crippen molar-refractivity contribution in [2.24, 2.45) is 5.92 Å². The minimum absolute atomic E-state index is 0.0489. The van der Waals surface area contributed by atoms with Gasteiger partial charge in [-0.25, -0.2) is 0 Å². The summed E-state index contributed by atoms with van der Waals surface area (Å²) in [6, 6.07) is 3.94. The molecule has 2 saturated heterocycles. The normalized spacial score (nSPS) is 25.9. The van der Waals surface area contributed by atoms with Crippen molar-refractivity contribution in [2.45, 2.75) is 32.2 Å². The van der Waals surface area contributed by atoms with Crippen LogP contribution >= 0.6 is 0 Å². The predicted octanol–water partition coefficient (Wildman–Crippen LogP) is 1.13. The van der Waals surface area contributed by atoms with Gasteiger partial charge in [-0.1, -0.05) is 0 Å². The topological polar surface area (TPSA) is 62.3 Å². The molecule has 1 aromatic rings. The van der Waals surface area contributed by atoms with Gasteiger partial charge in [0.25, 0.3) is 5.91 Å². The molecule has 0 radical (unpaired) electrons. The monoisotopic (exact) mass is 273 g/mol. The van der Waals surface area contributed by atoms with Gasteiger partial charge in [0.15, 0.2) is 0 Å². The van der Waals surface area contributed by atoms with Crippen LogP contribution in [0.25, 0.3) is 0 Å². The third-order valence-electron chi connectivity index (χ3n) is 4.27. The predicted molar refractivity (Wildman–Crippen MR) is 74.1 cm³/mol. The lowest BCUT2D eigenvalue weighted by atomic mass is 9.85. The Morgan fingerprint density at radius 2 is 2.25 bits per heavy atom. The van der Waals surface area contributed by atoms with Crippen molar-refractivity contribution in [2.75, 3.05) is 13.1 Å². The molecule has 0 aliphatic carbocycles. The molecule has 2 atom stereocenters. The Morgan fingerprint density at radius 3 is 3.00 bits per heavy atom. The molecule has 0 aromatic carbocycles. The number of likely N-dealkylation sites (tertiary alicyclic amines) is 1. The van der Waals surface area contributed by atoms with E-state index >= 15 is 0 Å². The van der Waals surface area contributed by atoms with Gasteiger partial charge in [-0.2, -0.15) is 0 Å². The first-order valence-electron chi connectivity index (χ1n) is 7.15. The Hall–Kier alpha value is -1.91. The van der Waals surface area contributed by atoms with Crippen molar-refractivity contribution < 1.29 is 9.59 Å². The molecule has 2 unspecified atom stereocenters. The fraction of sp³-hybridized carbons (Fsp3) is 0.533. The zero-order chi connectivity index (χ0) is 14.1. The second-order valence-electron chi connectivity index (χ2n) is 5.70. The van der Waals surface area contributed by atoms with Gasteiger partial charge in [-0.05, 0) is 37.8 Å². The van der Waals surface area contributed by atoms with Gasteiger partial charge >= 0.3 is 0 Å². The summed E-state index contributed by atoms with van der Waals surface area (Å²) < 4.78 is 0. The van der Waals surface area contributed by atoms with E-state index in [9.17, 15) is 9.59 Å². The summed E-state index contributed by atoms with van der Waals surface area (Å²) in [5.41, 5.74) is 1.56. The van der Waals surface area contributed by atoms with Crippen molar-refractivity contribution in [3.8, 4) is 0 Å². The van der Waals surface area contributed by atoms with Gasteiger partial charge < -0.3 is 10.2 Å². The number of carbonyl (C=O) groups is 2. The number of nitrogens with zero attached hydrogens (tertiary/aromatic N) is 2. The average molecular weight is 273 g/mol. The number of fused-ring (bicyclic) bond motifs is 1. The van der Waals surface area contributed by atoms with Gasteiger partial charge in [0.1, 0.15) is 0 Å². The minimum Gasteiger partial charge on any atom is -0.353 e. The molecule has 1 N–H and O–H groups in total. The van der Waals surface area contributed by atoms with E-state index in [1.807, 2.05) is 24.0 Å². The van der Waals surface area contributed by atoms with Gasteiger partial charge in [-0.15, -0.1) is 0 Å². The third-order valence-corrected chi connectivity index (χ3v) is 4.27. The zero-order valence-corrected chi connectivity index (χ0v) is 11.6. The van der Waals surface area contributed by atoms with Gasteiger partial charge in [0, 0.05) is 37.4 Å². The Balaban J connectivity index is 1.68. The third kappa shape index (κ3) is 2.53. The number of pyridine rings is 1. The fourth-order valence-corrected chi connectivity index (χ4v) is 3.07. The van der Waals surface area contributed by atoms with E-state index in [1.165, 1.54) is 0 Å². The molecule has 0 bridgehead atoms. The second kappa shape index (κ2) is 5.23. The van der Waals surface area contributed by atoms with Crippen LogP contribution in [-0.2, 0) is 4.79 Å². The van der Waals surface area contributed by atoms with Crippen LogP contribution < -0.4 is 5.32 Å². The fourth-order valence-electron chi connectivity index (χ4n) is 3.07. The van der Waals surface area contributed by atoms with Crippen LogP contribution in [0.3, 0.4) is 0 Å². The summed E-state index contributed by atoms with van der Waals surface area (Å²) in [5, 5.41) is 3.04. The Morgan fingerprint density at radius 1 is 1.40 bits per heavy atom. The lowest BCUT2D eigenvalue weighted by molar-refractivity contribution is -0.125. The Labute approximate surface area is 118 Å². The second-order valence-corrected chi connectivity index (χ2v) is 5.70. The van der Waals surface area contributed by atoms with E-state index in [4.69, 9.17) is 0 Å². The molecule has 20 heavy (non-hydrogen) atoms. The van der Waals surface area contributed by atoms with E-state index in [0.717, 1.165) is 25.1 Å². The van der Waals surface area contributed by atoms with Crippen LogP contribution in [0.4, 0.5) is 0 Å². The number of aryl methyl sites for hydroxylation is 1. The standard InChI is InChI=1S/C15H19N3O2/c1-10-2-3-11(8-16-10)15(20)18-7-6-13-12(9-18)4-5-14(19)17-13/h2-3,8,12-13H,4-7,9H2,1H3,(H,17,19). The maximum Gasteiger partial charge on any atom is 0.255 e. The van der Waals surface area contributed by atoms with Crippen LogP contribution in [0.15, 0.2) is 18.3 Å². The van der Waals surface area contributed by atoms with Crippen LogP contribution in [0, 0.1) is 12.8 Å². The van der Waals surface area contributed by atoms with E-state index in [2.05, 4.69) is 10.3 Å². The van der Waals surface area contributed by atoms with Crippen molar-refractivity contribution in [1.29, 1.82) is 0 Å². The maximum absolute atomic E-state index is 12.4. The number of rotatable bonds is 1. The lowest BCUT2D eigenvalue weighted by Crippen LogP contribution is -2.55. The lowest BCUT2D eigenvalue weighted by Gasteiger charge is -2.41. The minimum atomic E-state index is 0.0489. The van der Waals surface area contributed by atoms with Crippen molar-refractivity contribution in [3.63, 3.8) is 0 Å². The van der Waals surface area contributed by atoms with E-state index in [0.29, 0.717) is 24.4 Å². The summed E-state index contributed by atoms with van der Waals surface area (Å²) in [4.78, 5) is 29.9. The van der Waals surface area contributed by atoms with E-state index < -0.39 is 0 Å². The molecule has 5 heteroatoms. The first-order chi connectivity index (χ1) is 9.63. The van der Waals surface area contributed by atoms with E-state index in [-0.39, 0.29) is 17.9 Å². The highest BCUT2D eigenvalue weighted by Crippen LogP contribution is 2.26. The number of amides is 2. The Bertz CT molecular complexity index is 526. The summed E-state index contributed by atoms with van der Waals surface area (Å²) >= 11 is 0. The van der Waals surface area contributed by atoms with Crippen LogP contribution in [0.1, 0.15) is 35.3 Å². The molecule has 3 rings (SSSR count). The zero-order valence-electron chi connectivity index (χ0n) is 11.6. The molecule has 5 nitrogen and oxygen atoms in total. The number of nitrogens with one attached hydrogen (secondary N) is 1. The van der Waals surface area contributed by atoms with Gasteiger partial charge in [0.2, 0.25) is 5.91 Å². The highest BCUT2D eigenvalue weighted by atomic mass is 16.2. The number of carbonyl (C=O) groups excluding carboxylic acids is 2. The molecule has 2 aliphatic heterocycles. The largest absolute Gasteiger partial charge is 0.353 e. The summed E-state index contributed by atoms with van der Waals surface area (Å²) in [6.45, 7) is 3.34. The number of aromatic nitrogens is 1. The molecule has 0 spiro atoms. The maximum atomic E-state index is 12.4. The molecule has 0 saturated carbocycles. The van der Waals surface area contributed by atoms with Crippen molar-refractivity contribution in [1.82, 2.24) is 15.2 Å². The summed E-state index contributed by atoms with van der Waals surface area (Å²) in [6.07, 6.45) is 3.95. The molecular weight excluding hydrogens is 254 g/mol. The molecule has 2 aliphatic rings. The smallest absolute Gasteiger partial charge is 0.255 e. The molecule has 2 amide bonds. The van der Waals surface area contributed by atoms with Crippen molar-refractivity contribution >= 4 is 11.8 Å². The molecule has 2 fully saturated rings. The summed E-state index contributed by atoms with van der Waals surface area (Å²) in [7, 11) is 0. The quantitative estimate of drug-likeness (QED) is 0.834. The highest BCUT2D eigenvalue weighted by molar-refractivity contribution is 5.94. The molecule has 1 aromatic heterocycles. The average Bonchev–Trinajstić information content (AvgIpc) is 2.47. The number of piperidine rings is 2. The van der Waals surface area contributed by atoms with Crippen LogP contribution in [0.5, 0.6) is 0 Å². The Kier molecular flexibility index (Phi) is 3.42. The van der Waals surface area contributed by atoms with Crippen LogP contribution in [-0.4, -0.2) is 40.8 Å². The highest BCUT2D eigenvalue weighted by Gasteiger charge is 2.35.